The summed E-state index contributed by atoms with van der Waals surface area (Å²) in [5.74, 6) is 7.16. The van der Waals surface area contributed by atoms with Gasteiger partial charge in [0.2, 0.25) is 0 Å². The molecule has 0 radical (unpaired) electrons. The molecule has 3 heteroatoms. The van der Waals surface area contributed by atoms with Crippen LogP contribution in [0.2, 0.25) is 0 Å². The fraction of sp³-hybridized carbons (Fsp3) is 0.500. The fourth-order valence-electron chi connectivity index (χ4n) is 1.97. The van der Waals surface area contributed by atoms with Crippen LogP contribution in [-0.4, -0.2) is 44.4 Å². The molecule has 0 amide bonds. The maximum Gasteiger partial charge on any atom is 0.149 e. The summed E-state index contributed by atoms with van der Waals surface area (Å²) in [4.78, 5) is 2.30. The van der Waals surface area contributed by atoms with Crippen molar-refractivity contribution in [2.45, 2.75) is 13.8 Å². The first kappa shape index (κ1) is 13.9. The lowest BCUT2D eigenvalue weighted by Gasteiger charge is -2.24. The van der Waals surface area contributed by atoms with E-state index >= 15 is 0 Å². The molecular weight excluding hydrogens is 238 g/mol. The van der Waals surface area contributed by atoms with Gasteiger partial charge >= 0.3 is 0 Å². The van der Waals surface area contributed by atoms with Gasteiger partial charge in [-0.05, 0) is 31.0 Å². The fourth-order valence-corrected chi connectivity index (χ4v) is 1.97. The van der Waals surface area contributed by atoms with Crippen LogP contribution in [0.25, 0.3) is 0 Å². The predicted octanol–water partition coefficient (Wildman–Crippen LogP) is 2.02. The average molecular weight is 259 g/mol. The molecule has 0 saturated carbocycles. The molecule has 19 heavy (non-hydrogen) atoms. The number of rotatable bonds is 3. The van der Waals surface area contributed by atoms with Crippen LogP contribution in [0.3, 0.4) is 0 Å². The highest BCUT2D eigenvalue weighted by Crippen LogP contribution is 2.20. The summed E-state index contributed by atoms with van der Waals surface area (Å²) in [7, 11) is 0. The molecule has 1 aliphatic rings. The highest BCUT2D eigenvalue weighted by atomic mass is 16.5. The van der Waals surface area contributed by atoms with Crippen LogP contribution < -0.4 is 4.74 Å². The Morgan fingerprint density at radius 3 is 2.79 bits per heavy atom. The third-order valence-electron chi connectivity index (χ3n) is 3.39. The van der Waals surface area contributed by atoms with E-state index < -0.39 is 0 Å². The van der Waals surface area contributed by atoms with Crippen LogP contribution in [0, 0.1) is 25.7 Å². The van der Waals surface area contributed by atoms with Crippen LogP contribution in [0.1, 0.15) is 11.1 Å². The van der Waals surface area contributed by atoms with Crippen LogP contribution in [0.5, 0.6) is 5.75 Å². The van der Waals surface area contributed by atoms with E-state index in [0.717, 1.165) is 38.6 Å². The van der Waals surface area contributed by atoms with Gasteiger partial charge in [0.1, 0.15) is 12.4 Å². The van der Waals surface area contributed by atoms with Gasteiger partial charge in [-0.15, -0.1) is 0 Å². The van der Waals surface area contributed by atoms with Crippen molar-refractivity contribution in [3.63, 3.8) is 0 Å². The summed E-state index contributed by atoms with van der Waals surface area (Å²) in [5.41, 5.74) is 2.44. The maximum absolute atomic E-state index is 5.69. The maximum atomic E-state index is 5.69. The molecule has 1 aromatic rings. The highest BCUT2D eigenvalue weighted by molar-refractivity contribution is 5.38. The molecule has 0 N–H and O–H groups in total. The molecule has 0 bridgehead atoms. The molecule has 102 valence electrons. The second-order valence-electron chi connectivity index (χ2n) is 4.73. The number of hydrogen-bond acceptors (Lipinski definition) is 3. The van der Waals surface area contributed by atoms with Crippen LogP contribution in [0.4, 0.5) is 0 Å². The minimum Gasteiger partial charge on any atom is -0.481 e. The number of ether oxygens (including phenoxy) is 2. The van der Waals surface area contributed by atoms with E-state index in [-0.39, 0.29) is 0 Å². The van der Waals surface area contributed by atoms with Crippen molar-refractivity contribution in [3.8, 4) is 17.6 Å². The zero-order valence-electron chi connectivity index (χ0n) is 11.7. The van der Waals surface area contributed by atoms with E-state index in [1.54, 1.807) is 0 Å². The summed E-state index contributed by atoms with van der Waals surface area (Å²) in [6.07, 6.45) is 0. The molecule has 0 aliphatic carbocycles. The first-order valence-electron chi connectivity index (χ1n) is 6.72. The van der Waals surface area contributed by atoms with Crippen LogP contribution >= 0.6 is 0 Å². The molecule has 1 heterocycles. The minimum atomic E-state index is 0.453. The van der Waals surface area contributed by atoms with E-state index in [4.69, 9.17) is 9.47 Å². The van der Waals surface area contributed by atoms with Gasteiger partial charge in [0.15, 0.2) is 0 Å². The van der Waals surface area contributed by atoms with Gasteiger partial charge in [-0.2, -0.15) is 0 Å². The zero-order valence-corrected chi connectivity index (χ0v) is 11.7. The highest BCUT2D eigenvalue weighted by Gasteiger charge is 2.07. The lowest BCUT2D eigenvalue weighted by atomic mass is 10.1. The van der Waals surface area contributed by atoms with E-state index in [1.807, 2.05) is 12.1 Å². The zero-order chi connectivity index (χ0) is 13.5. The third-order valence-corrected chi connectivity index (χ3v) is 3.39. The van der Waals surface area contributed by atoms with Crippen molar-refractivity contribution in [2.75, 3.05) is 39.5 Å². The standard InChI is InChI=1S/C16H21NO2/c1-14-6-5-7-16(15(14)2)19-11-4-3-8-17-9-12-18-13-10-17/h5-7H,8-13H2,1-2H3. The van der Waals surface area contributed by atoms with Crippen molar-refractivity contribution >= 4 is 0 Å². The first-order valence-corrected chi connectivity index (χ1v) is 6.72. The molecule has 0 spiro atoms. The summed E-state index contributed by atoms with van der Waals surface area (Å²) in [6, 6.07) is 6.09. The Morgan fingerprint density at radius 2 is 2.00 bits per heavy atom. The van der Waals surface area contributed by atoms with Crippen molar-refractivity contribution < 1.29 is 9.47 Å². The van der Waals surface area contributed by atoms with Crippen molar-refractivity contribution in [1.29, 1.82) is 0 Å². The number of morpholine rings is 1. The van der Waals surface area contributed by atoms with Gasteiger partial charge < -0.3 is 9.47 Å². The van der Waals surface area contributed by atoms with Gasteiger partial charge in [-0.1, -0.05) is 24.0 Å². The molecule has 1 fully saturated rings. The quantitative estimate of drug-likeness (QED) is 0.775. The molecule has 0 unspecified atom stereocenters. The van der Waals surface area contributed by atoms with Gasteiger partial charge in [0.25, 0.3) is 0 Å². The number of hydrogen-bond donors (Lipinski definition) is 0. The number of nitrogens with zero attached hydrogens (tertiary/aromatic N) is 1. The Hall–Kier alpha value is -1.50. The molecule has 3 nitrogen and oxygen atoms in total. The number of aryl methyl sites for hydroxylation is 1. The number of benzene rings is 1. The van der Waals surface area contributed by atoms with E-state index in [2.05, 4.69) is 36.7 Å². The van der Waals surface area contributed by atoms with Crippen LogP contribution in [0.15, 0.2) is 18.2 Å². The molecule has 0 atom stereocenters. The topological polar surface area (TPSA) is 21.7 Å². The Labute approximate surface area is 115 Å². The second kappa shape index (κ2) is 7.18. The summed E-state index contributed by atoms with van der Waals surface area (Å²) < 4.78 is 11.0. The minimum absolute atomic E-state index is 0.453. The van der Waals surface area contributed by atoms with Crippen molar-refractivity contribution in [2.24, 2.45) is 0 Å². The monoisotopic (exact) mass is 259 g/mol. The molecule has 2 rings (SSSR count). The Bertz CT molecular complexity index is 467. The Morgan fingerprint density at radius 1 is 1.21 bits per heavy atom. The average Bonchev–Trinajstić information content (AvgIpc) is 2.44. The molecule has 1 aromatic carbocycles. The van der Waals surface area contributed by atoms with Gasteiger partial charge in [-0.3, -0.25) is 4.90 Å². The van der Waals surface area contributed by atoms with E-state index in [0.29, 0.717) is 6.61 Å². The summed E-state index contributed by atoms with van der Waals surface area (Å²) in [6.45, 7) is 9.02. The molecule has 1 saturated heterocycles. The lowest BCUT2D eigenvalue weighted by Crippen LogP contribution is -2.36. The SMILES string of the molecule is Cc1cccc(OCC#CCN2CCOCC2)c1C. The summed E-state index contributed by atoms with van der Waals surface area (Å²) in [5, 5.41) is 0. The molecule has 0 aromatic heterocycles. The van der Waals surface area contributed by atoms with Crippen molar-refractivity contribution in [3.05, 3.63) is 29.3 Å². The third kappa shape index (κ3) is 4.27. The molecular formula is C16H21NO2. The smallest absolute Gasteiger partial charge is 0.149 e. The van der Waals surface area contributed by atoms with Gasteiger partial charge in [-0.25, -0.2) is 0 Å². The summed E-state index contributed by atoms with van der Waals surface area (Å²) >= 11 is 0. The molecule has 1 aliphatic heterocycles. The van der Waals surface area contributed by atoms with Crippen molar-refractivity contribution in [1.82, 2.24) is 4.90 Å². The van der Waals surface area contributed by atoms with Gasteiger partial charge in [0, 0.05) is 13.1 Å². The van der Waals surface area contributed by atoms with Crippen LogP contribution in [-0.2, 0) is 4.74 Å². The largest absolute Gasteiger partial charge is 0.481 e. The Kier molecular flexibility index (Phi) is 5.26. The van der Waals surface area contributed by atoms with E-state index in [9.17, 15) is 0 Å². The predicted molar refractivity (Wildman–Crippen MR) is 76.4 cm³/mol. The lowest BCUT2D eigenvalue weighted by molar-refractivity contribution is 0.0443. The second-order valence-corrected chi connectivity index (χ2v) is 4.73. The Balaban J connectivity index is 1.75. The van der Waals surface area contributed by atoms with Gasteiger partial charge in [0.05, 0.1) is 19.8 Å². The first-order chi connectivity index (χ1) is 9.27. The normalized spacial score (nSPS) is 15.7. The van der Waals surface area contributed by atoms with E-state index in [1.165, 1.54) is 11.1 Å².